The van der Waals surface area contributed by atoms with Crippen LogP contribution in [0.15, 0.2) is 40.3 Å². The average Bonchev–Trinajstić information content (AvgIpc) is 2.65. The number of ether oxygens (including phenoxy) is 1. The van der Waals surface area contributed by atoms with Crippen molar-refractivity contribution in [2.75, 3.05) is 7.11 Å². The summed E-state index contributed by atoms with van der Waals surface area (Å²) in [7, 11) is 1.33. The molecular weight excluding hydrogens is 366 g/mol. The molecule has 1 amide bonds. The Morgan fingerprint density at radius 1 is 1.30 bits per heavy atom. The van der Waals surface area contributed by atoms with Crippen molar-refractivity contribution in [1.82, 2.24) is 15.3 Å². The molecule has 2 rings (SSSR count). The highest BCUT2D eigenvalue weighted by Gasteiger charge is 2.16. The molecule has 2 N–H and O–H groups in total. The normalized spacial score (nSPS) is 11.7. The van der Waals surface area contributed by atoms with Gasteiger partial charge in [-0.3, -0.25) is 9.59 Å². The Kier molecular flexibility index (Phi) is 7.60. The quantitative estimate of drug-likeness (QED) is 0.408. The van der Waals surface area contributed by atoms with E-state index >= 15 is 0 Å². The number of benzene rings is 1. The zero-order chi connectivity index (χ0) is 19.8. The zero-order valence-electron chi connectivity index (χ0n) is 15.6. The minimum atomic E-state index is -0.417. The van der Waals surface area contributed by atoms with Crippen LogP contribution in [0.1, 0.15) is 41.9 Å². The van der Waals surface area contributed by atoms with Gasteiger partial charge in [0, 0.05) is 18.3 Å². The molecule has 1 atom stereocenters. The third kappa shape index (κ3) is 6.25. The number of nitrogens with one attached hydrogen (secondary N) is 2. The Balaban J connectivity index is 1.92. The molecule has 2 aromatic rings. The first kappa shape index (κ1) is 20.7. The van der Waals surface area contributed by atoms with Gasteiger partial charge < -0.3 is 15.0 Å². The van der Waals surface area contributed by atoms with Crippen LogP contribution in [0.2, 0.25) is 0 Å². The van der Waals surface area contributed by atoms with Gasteiger partial charge in [-0.15, -0.1) is 0 Å². The van der Waals surface area contributed by atoms with Crippen LogP contribution in [-0.2, 0) is 22.5 Å². The van der Waals surface area contributed by atoms with Gasteiger partial charge in [-0.1, -0.05) is 37.2 Å². The minimum absolute atomic E-state index is 0.166. The number of H-pyrrole nitrogens is 1. The number of carbonyl (C=O) groups is 2. The van der Waals surface area contributed by atoms with E-state index in [9.17, 15) is 14.4 Å². The molecule has 1 aromatic carbocycles. The monoisotopic (exact) mass is 389 g/mol. The second kappa shape index (κ2) is 9.91. The molecule has 0 aliphatic rings. The van der Waals surface area contributed by atoms with E-state index < -0.39 is 11.2 Å². The summed E-state index contributed by atoms with van der Waals surface area (Å²) in [4.78, 5) is 42.5. The highest BCUT2D eigenvalue weighted by Crippen LogP contribution is 2.19. The SMILES string of the molecule is CCCc1cc(=O)[nH]c(S[C@H](C)C(=O)NCc2ccc(C(=O)OC)cc2)n1. The van der Waals surface area contributed by atoms with Gasteiger partial charge >= 0.3 is 5.97 Å². The highest BCUT2D eigenvalue weighted by atomic mass is 32.2. The van der Waals surface area contributed by atoms with Gasteiger partial charge in [0.2, 0.25) is 5.91 Å². The number of esters is 1. The minimum Gasteiger partial charge on any atom is -0.465 e. The lowest BCUT2D eigenvalue weighted by Gasteiger charge is -2.12. The molecule has 0 spiro atoms. The molecule has 7 nitrogen and oxygen atoms in total. The molecule has 27 heavy (non-hydrogen) atoms. The van der Waals surface area contributed by atoms with Gasteiger partial charge in [0.25, 0.3) is 5.56 Å². The molecule has 0 fully saturated rings. The summed E-state index contributed by atoms with van der Waals surface area (Å²) < 4.78 is 4.65. The Morgan fingerprint density at radius 2 is 2.00 bits per heavy atom. The average molecular weight is 389 g/mol. The smallest absolute Gasteiger partial charge is 0.337 e. The van der Waals surface area contributed by atoms with E-state index in [0.717, 1.165) is 24.1 Å². The Bertz CT molecular complexity index is 849. The van der Waals surface area contributed by atoms with Crippen molar-refractivity contribution in [3.05, 3.63) is 57.5 Å². The zero-order valence-corrected chi connectivity index (χ0v) is 16.4. The van der Waals surface area contributed by atoms with Gasteiger partial charge in [-0.05, 0) is 31.0 Å². The Morgan fingerprint density at radius 3 is 2.63 bits per heavy atom. The second-order valence-electron chi connectivity index (χ2n) is 5.96. The van der Waals surface area contributed by atoms with Gasteiger partial charge in [0.05, 0.1) is 17.9 Å². The molecule has 1 aromatic heterocycles. The fraction of sp³-hybridized carbons (Fsp3) is 0.368. The lowest BCUT2D eigenvalue weighted by atomic mass is 10.1. The van der Waals surface area contributed by atoms with E-state index in [1.165, 1.54) is 24.9 Å². The standard InChI is InChI=1S/C19H23N3O4S/c1-4-5-15-10-16(23)22-19(21-15)27-12(2)17(24)20-11-13-6-8-14(9-7-13)18(25)26-3/h6-10,12H,4-5,11H2,1-3H3,(H,20,24)(H,21,22,23)/t12-/m1/s1. The van der Waals surface area contributed by atoms with Crippen LogP contribution in [0, 0.1) is 0 Å². The van der Waals surface area contributed by atoms with Crippen molar-refractivity contribution < 1.29 is 14.3 Å². The molecule has 0 bridgehead atoms. The van der Waals surface area contributed by atoms with E-state index in [4.69, 9.17) is 0 Å². The first-order valence-corrected chi connectivity index (χ1v) is 9.52. The molecule has 0 unspecified atom stereocenters. The van der Waals surface area contributed by atoms with Crippen LogP contribution in [0.25, 0.3) is 0 Å². The number of aryl methyl sites for hydroxylation is 1. The predicted molar refractivity (Wildman–Crippen MR) is 104 cm³/mol. The molecule has 0 saturated heterocycles. The molecule has 0 saturated carbocycles. The van der Waals surface area contributed by atoms with Crippen molar-refractivity contribution in [3.63, 3.8) is 0 Å². The Labute approximate surface area is 161 Å². The van der Waals surface area contributed by atoms with Crippen LogP contribution < -0.4 is 10.9 Å². The lowest BCUT2D eigenvalue weighted by molar-refractivity contribution is -0.120. The molecular formula is C19H23N3O4S. The number of thioether (sulfide) groups is 1. The predicted octanol–water partition coefficient (Wildman–Crippen LogP) is 2.31. The van der Waals surface area contributed by atoms with Crippen molar-refractivity contribution in [2.45, 2.75) is 43.6 Å². The summed E-state index contributed by atoms with van der Waals surface area (Å²) in [5.41, 5.74) is 1.83. The van der Waals surface area contributed by atoms with Crippen LogP contribution in [0.5, 0.6) is 0 Å². The number of methoxy groups -OCH3 is 1. The van der Waals surface area contributed by atoms with Gasteiger partial charge in [-0.25, -0.2) is 9.78 Å². The van der Waals surface area contributed by atoms with Crippen molar-refractivity contribution in [1.29, 1.82) is 0 Å². The number of amides is 1. The maximum absolute atomic E-state index is 12.3. The van der Waals surface area contributed by atoms with Crippen LogP contribution in [0.3, 0.4) is 0 Å². The Hall–Kier alpha value is -2.61. The summed E-state index contributed by atoms with van der Waals surface area (Å²) in [6.07, 6.45) is 1.62. The van der Waals surface area contributed by atoms with Gasteiger partial charge in [-0.2, -0.15) is 0 Å². The fourth-order valence-corrected chi connectivity index (χ4v) is 3.21. The second-order valence-corrected chi connectivity index (χ2v) is 7.29. The molecule has 8 heteroatoms. The van der Waals surface area contributed by atoms with E-state index in [2.05, 4.69) is 20.0 Å². The summed E-state index contributed by atoms with van der Waals surface area (Å²) in [6.45, 7) is 4.11. The maximum Gasteiger partial charge on any atom is 0.337 e. The number of hydrogen-bond donors (Lipinski definition) is 2. The van der Waals surface area contributed by atoms with E-state index in [1.807, 2.05) is 6.92 Å². The third-order valence-electron chi connectivity index (χ3n) is 3.78. The summed E-state index contributed by atoms with van der Waals surface area (Å²) in [5, 5.41) is 2.86. The summed E-state index contributed by atoms with van der Waals surface area (Å²) in [5.74, 6) is -0.567. The molecule has 1 heterocycles. The summed E-state index contributed by atoms with van der Waals surface area (Å²) in [6, 6.07) is 8.31. The molecule has 0 radical (unpaired) electrons. The van der Waals surface area contributed by atoms with Crippen molar-refractivity contribution >= 4 is 23.6 Å². The van der Waals surface area contributed by atoms with E-state index in [1.54, 1.807) is 31.2 Å². The third-order valence-corrected chi connectivity index (χ3v) is 4.76. The molecule has 0 aliphatic heterocycles. The van der Waals surface area contributed by atoms with Crippen molar-refractivity contribution in [2.24, 2.45) is 0 Å². The van der Waals surface area contributed by atoms with Gasteiger partial charge in [0.1, 0.15) is 0 Å². The van der Waals surface area contributed by atoms with Gasteiger partial charge in [0.15, 0.2) is 5.16 Å². The number of rotatable bonds is 8. The fourth-order valence-electron chi connectivity index (χ4n) is 2.35. The first-order valence-electron chi connectivity index (χ1n) is 8.64. The maximum atomic E-state index is 12.3. The topological polar surface area (TPSA) is 101 Å². The highest BCUT2D eigenvalue weighted by molar-refractivity contribution is 8.00. The number of hydrogen-bond acceptors (Lipinski definition) is 6. The first-order chi connectivity index (χ1) is 12.9. The molecule has 0 aliphatic carbocycles. The van der Waals surface area contributed by atoms with Crippen molar-refractivity contribution in [3.8, 4) is 0 Å². The largest absolute Gasteiger partial charge is 0.465 e. The molecule has 144 valence electrons. The van der Waals surface area contributed by atoms with E-state index in [-0.39, 0.29) is 11.5 Å². The van der Waals surface area contributed by atoms with Crippen LogP contribution in [0.4, 0.5) is 0 Å². The number of nitrogens with zero attached hydrogens (tertiary/aromatic N) is 1. The lowest BCUT2D eigenvalue weighted by Crippen LogP contribution is -2.30. The van der Waals surface area contributed by atoms with E-state index in [0.29, 0.717) is 17.3 Å². The summed E-state index contributed by atoms with van der Waals surface area (Å²) >= 11 is 1.21. The number of carbonyl (C=O) groups excluding carboxylic acids is 2. The van der Waals surface area contributed by atoms with Crippen LogP contribution >= 0.6 is 11.8 Å². The number of aromatic amines is 1. The number of aromatic nitrogens is 2. The van der Waals surface area contributed by atoms with Crippen LogP contribution in [-0.4, -0.2) is 34.2 Å².